The number of halogens is 6. The van der Waals surface area contributed by atoms with Crippen molar-refractivity contribution in [2.24, 2.45) is 0 Å². The zero-order valence-corrected chi connectivity index (χ0v) is 9.01. The normalized spacial score (nSPS) is 12.9. The highest BCUT2D eigenvalue weighted by molar-refractivity contribution is 5.85. The molecule has 104 valence electrons. The van der Waals surface area contributed by atoms with Gasteiger partial charge in [0.2, 0.25) is 0 Å². The zero-order chi connectivity index (χ0) is 14.8. The molecule has 0 saturated heterocycles. The average molecular weight is 284 g/mol. The van der Waals surface area contributed by atoms with Gasteiger partial charge in [-0.15, -0.1) is 0 Å². The second-order valence-corrected chi connectivity index (χ2v) is 3.47. The van der Waals surface area contributed by atoms with E-state index in [0.29, 0.717) is 18.2 Å². The van der Waals surface area contributed by atoms with Gasteiger partial charge in [0.25, 0.3) is 0 Å². The van der Waals surface area contributed by atoms with E-state index in [9.17, 15) is 31.1 Å². The molecule has 8 heteroatoms. The van der Waals surface area contributed by atoms with Gasteiger partial charge in [-0.3, -0.25) is 0 Å². The molecule has 0 fully saturated rings. The van der Waals surface area contributed by atoms with Crippen LogP contribution in [-0.2, 0) is 17.1 Å². The van der Waals surface area contributed by atoms with E-state index < -0.39 is 35.0 Å². The molecule has 1 N–H and O–H groups in total. The van der Waals surface area contributed by atoms with Gasteiger partial charge in [-0.05, 0) is 29.8 Å². The second-order valence-electron chi connectivity index (χ2n) is 3.47. The largest absolute Gasteiger partial charge is 0.478 e. The first-order valence-corrected chi connectivity index (χ1v) is 4.71. The van der Waals surface area contributed by atoms with E-state index in [4.69, 9.17) is 5.11 Å². The fraction of sp³-hybridized carbons (Fsp3) is 0.182. The summed E-state index contributed by atoms with van der Waals surface area (Å²) in [5.74, 6) is -1.56. The van der Waals surface area contributed by atoms with Crippen LogP contribution in [0.4, 0.5) is 26.3 Å². The molecule has 1 aromatic rings. The van der Waals surface area contributed by atoms with E-state index in [1.54, 1.807) is 0 Å². The molecule has 19 heavy (non-hydrogen) atoms. The molecule has 0 unspecified atom stereocenters. The molecule has 0 saturated carbocycles. The number of aliphatic carboxylic acids is 1. The van der Waals surface area contributed by atoms with Gasteiger partial charge in [-0.1, -0.05) is 0 Å². The third kappa shape index (κ3) is 4.01. The topological polar surface area (TPSA) is 37.3 Å². The Morgan fingerprint density at radius 1 is 1.05 bits per heavy atom. The summed E-state index contributed by atoms with van der Waals surface area (Å²) in [6, 6.07) is 0.813. The summed E-state index contributed by atoms with van der Waals surface area (Å²) in [6.45, 7) is 0. The quantitative estimate of drug-likeness (QED) is 0.662. The van der Waals surface area contributed by atoms with Crippen molar-refractivity contribution in [3.63, 3.8) is 0 Å². The predicted octanol–water partition coefficient (Wildman–Crippen LogP) is 3.82. The Morgan fingerprint density at radius 3 is 2.05 bits per heavy atom. The lowest BCUT2D eigenvalue weighted by Gasteiger charge is -2.13. The van der Waals surface area contributed by atoms with Crippen molar-refractivity contribution < 1.29 is 36.2 Å². The molecule has 0 spiro atoms. The van der Waals surface area contributed by atoms with Crippen LogP contribution in [0, 0.1) is 0 Å². The second kappa shape index (κ2) is 4.94. The smallest absolute Gasteiger partial charge is 0.416 e. The number of carbonyl (C=O) groups is 1. The Kier molecular flexibility index (Phi) is 3.92. The predicted molar refractivity (Wildman–Crippen MR) is 53.1 cm³/mol. The van der Waals surface area contributed by atoms with Crippen LogP contribution in [-0.4, -0.2) is 11.1 Å². The number of alkyl halides is 6. The van der Waals surface area contributed by atoms with Crippen molar-refractivity contribution in [2.45, 2.75) is 12.4 Å². The Morgan fingerprint density at radius 2 is 1.63 bits per heavy atom. The maximum absolute atomic E-state index is 12.5. The summed E-state index contributed by atoms with van der Waals surface area (Å²) < 4.78 is 74.7. The van der Waals surface area contributed by atoms with Crippen LogP contribution in [0.25, 0.3) is 6.08 Å². The van der Waals surface area contributed by atoms with Crippen molar-refractivity contribution in [2.75, 3.05) is 0 Å². The van der Waals surface area contributed by atoms with Gasteiger partial charge in [0.1, 0.15) is 0 Å². The number of benzene rings is 1. The minimum absolute atomic E-state index is 0.252. The first-order valence-electron chi connectivity index (χ1n) is 4.71. The van der Waals surface area contributed by atoms with Crippen LogP contribution in [0.5, 0.6) is 0 Å². The monoisotopic (exact) mass is 284 g/mol. The van der Waals surface area contributed by atoms with E-state index in [-0.39, 0.29) is 12.1 Å². The van der Waals surface area contributed by atoms with Gasteiger partial charge in [-0.25, -0.2) is 4.79 Å². The summed E-state index contributed by atoms with van der Waals surface area (Å²) in [5.41, 5.74) is -3.48. The SMILES string of the molecule is O=C(O)C=Cc1cc(C(F)(F)F)ccc1C(F)(F)F. The molecular weight excluding hydrogens is 278 g/mol. The fourth-order valence-corrected chi connectivity index (χ4v) is 1.30. The number of rotatable bonds is 2. The van der Waals surface area contributed by atoms with Crippen LogP contribution in [0.1, 0.15) is 16.7 Å². The van der Waals surface area contributed by atoms with Gasteiger partial charge in [-0.2, -0.15) is 26.3 Å². The molecule has 2 nitrogen and oxygen atoms in total. The third-order valence-corrected chi connectivity index (χ3v) is 2.09. The maximum atomic E-state index is 12.5. The minimum atomic E-state index is -4.87. The molecule has 0 aliphatic heterocycles. The molecule has 0 aromatic heterocycles. The number of carboxylic acid groups (broad SMARTS) is 1. The first-order chi connectivity index (χ1) is 8.51. The molecule has 0 amide bonds. The molecule has 0 aliphatic carbocycles. The van der Waals surface area contributed by atoms with Crippen molar-refractivity contribution in [1.82, 2.24) is 0 Å². The van der Waals surface area contributed by atoms with Crippen LogP contribution < -0.4 is 0 Å². The highest BCUT2D eigenvalue weighted by atomic mass is 19.4. The first kappa shape index (κ1) is 15.1. The Bertz CT molecular complexity index is 513. The Hall–Kier alpha value is -1.99. The molecule has 0 aliphatic rings. The van der Waals surface area contributed by atoms with Crippen LogP contribution in [0.2, 0.25) is 0 Å². The van der Waals surface area contributed by atoms with Gasteiger partial charge in [0.15, 0.2) is 0 Å². The molecule has 1 rings (SSSR count). The lowest BCUT2D eigenvalue weighted by Crippen LogP contribution is -2.11. The van der Waals surface area contributed by atoms with Gasteiger partial charge in [0.05, 0.1) is 11.1 Å². The fourth-order valence-electron chi connectivity index (χ4n) is 1.30. The number of carboxylic acids is 1. The van der Waals surface area contributed by atoms with E-state index in [0.717, 1.165) is 0 Å². The Balaban J connectivity index is 3.39. The number of hydrogen-bond acceptors (Lipinski definition) is 1. The van der Waals surface area contributed by atoms with Gasteiger partial charge >= 0.3 is 18.3 Å². The molecule has 1 aromatic carbocycles. The lowest BCUT2D eigenvalue weighted by atomic mass is 10.0. The van der Waals surface area contributed by atoms with E-state index in [1.807, 2.05) is 0 Å². The standard InChI is InChI=1S/C11H6F6O2/c12-10(13,14)7-2-3-8(11(15,16)17)6(5-7)1-4-9(18)19/h1-5H,(H,18,19). The zero-order valence-electron chi connectivity index (χ0n) is 9.01. The van der Waals surface area contributed by atoms with Crippen molar-refractivity contribution in [3.05, 3.63) is 41.0 Å². The summed E-state index contributed by atoms with van der Waals surface area (Å²) in [6.07, 6.45) is -8.87. The number of hydrogen-bond donors (Lipinski definition) is 1. The van der Waals surface area contributed by atoms with E-state index in [2.05, 4.69) is 0 Å². The summed E-state index contributed by atoms with van der Waals surface area (Å²) >= 11 is 0. The highest BCUT2D eigenvalue weighted by Crippen LogP contribution is 2.36. The summed E-state index contributed by atoms with van der Waals surface area (Å²) in [5, 5.41) is 8.31. The highest BCUT2D eigenvalue weighted by Gasteiger charge is 2.36. The van der Waals surface area contributed by atoms with Crippen molar-refractivity contribution >= 4 is 12.0 Å². The van der Waals surface area contributed by atoms with E-state index >= 15 is 0 Å². The molecular formula is C11H6F6O2. The van der Waals surface area contributed by atoms with Crippen molar-refractivity contribution in [1.29, 1.82) is 0 Å². The third-order valence-electron chi connectivity index (χ3n) is 2.09. The van der Waals surface area contributed by atoms with Gasteiger partial charge < -0.3 is 5.11 Å². The lowest BCUT2D eigenvalue weighted by molar-refractivity contribution is -0.141. The minimum Gasteiger partial charge on any atom is -0.478 e. The summed E-state index contributed by atoms with van der Waals surface area (Å²) in [7, 11) is 0. The van der Waals surface area contributed by atoms with Gasteiger partial charge in [0, 0.05) is 6.08 Å². The Labute approximate surface area is 103 Å². The molecule has 0 bridgehead atoms. The molecule has 0 radical (unpaired) electrons. The van der Waals surface area contributed by atoms with Crippen LogP contribution in [0.15, 0.2) is 24.3 Å². The molecule has 0 atom stereocenters. The average Bonchev–Trinajstić information content (AvgIpc) is 2.23. The van der Waals surface area contributed by atoms with Crippen molar-refractivity contribution in [3.8, 4) is 0 Å². The summed E-state index contributed by atoms with van der Waals surface area (Å²) in [4.78, 5) is 10.2. The van der Waals surface area contributed by atoms with E-state index in [1.165, 1.54) is 0 Å². The van der Waals surface area contributed by atoms with Crippen LogP contribution >= 0.6 is 0 Å². The maximum Gasteiger partial charge on any atom is 0.416 e. The van der Waals surface area contributed by atoms with Crippen LogP contribution in [0.3, 0.4) is 0 Å². The molecule has 0 heterocycles.